The molecule has 1 aliphatic rings. The first-order valence-electron chi connectivity index (χ1n) is 6.13. The van der Waals surface area contributed by atoms with Gasteiger partial charge in [0.05, 0.1) is 6.04 Å². The lowest BCUT2D eigenvalue weighted by molar-refractivity contribution is -0.133. The smallest absolute Gasteiger partial charge is 0.239 e. The Morgan fingerprint density at radius 3 is 2.69 bits per heavy atom. The molecule has 1 N–H and O–H groups in total. The van der Waals surface area contributed by atoms with E-state index in [-0.39, 0.29) is 24.4 Å². The number of amides is 1. The van der Waals surface area contributed by atoms with E-state index in [0.29, 0.717) is 5.92 Å². The van der Waals surface area contributed by atoms with E-state index in [0.717, 1.165) is 25.9 Å². The number of hydrogen-bond acceptors (Lipinski definition) is 2. The normalized spacial score (nSPS) is 22.1. The SMILES string of the molecule is CCC(C)CN(C)C(=O)C1CCCCN1.Cl. The van der Waals surface area contributed by atoms with Crippen LogP contribution in [0.1, 0.15) is 39.5 Å². The number of piperidine rings is 1. The highest BCUT2D eigenvalue weighted by molar-refractivity contribution is 5.85. The van der Waals surface area contributed by atoms with Crippen molar-refractivity contribution in [3.8, 4) is 0 Å². The highest BCUT2D eigenvalue weighted by Crippen LogP contribution is 2.11. The van der Waals surface area contributed by atoms with Crippen LogP contribution in [0.3, 0.4) is 0 Å². The van der Waals surface area contributed by atoms with Gasteiger partial charge in [-0.1, -0.05) is 26.7 Å². The Hall–Kier alpha value is -0.280. The molecule has 0 saturated carbocycles. The molecule has 0 aromatic rings. The third-order valence-electron chi connectivity index (χ3n) is 3.27. The summed E-state index contributed by atoms with van der Waals surface area (Å²) < 4.78 is 0. The van der Waals surface area contributed by atoms with Crippen LogP contribution < -0.4 is 5.32 Å². The van der Waals surface area contributed by atoms with E-state index in [4.69, 9.17) is 0 Å². The van der Waals surface area contributed by atoms with Gasteiger partial charge in [0.2, 0.25) is 5.91 Å². The molecule has 1 aliphatic heterocycles. The number of carbonyl (C=O) groups excluding carboxylic acids is 1. The molecule has 1 saturated heterocycles. The molecular weight excluding hydrogens is 224 g/mol. The van der Waals surface area contributed by atoms with Gasteiger partial charge in [-0.25, -0.2) is 0 Å². The van der Waals surface area contributed by atoms with Crippen molar-refractivity contribution in [1.82, 2.24) is 10.2 Å². The minimum Gasteiger partial charge on any atom is -0.344 e. The van der Waals surface area contributed by atoms with Crippen LogP contribution >= 0.6 is 12.4 Å². The van der Waals surface area contributed by atoms with E-state index in [1.165, 1.54) is 12.8 Å². The van der Waals surface area contributed by atoms with Crippen molar-refractivity contribution in [3.05, 3.63) is 0 Å². The second-order valence-electron chi connectivity index (χ2n) is 4.73. The second kappa shape index (κ2) is 7.91. The van der Waals surface area contributed by atoms with Gasteiger partial charge in [0.1, 0.15) is 0 Å². The Morgan fingerprint density at radius 2 is 2.19 bits per heavy atom. The van der Waals surface area contributed by atoms with E-state index >= 15 is 0 Å². The zero-order chi connectivity index (χ0) is 11.3. The predicted molar refractivity (Wildman–Crippen MR) is 70.0 cm³/mol. The maximum absolute atomic E-state index is 12.0. The van der Waals surface area contributed by atoms with Crippen LogP contribution in [0.15, 0.2) is 0 Å². The van der Waals surface area contributed by atoms with Crippen LogP contribution in [-0.2, 0) is 4.79 Å². The Bertz CT molecular complexity index is 205. The number of nitrogens with zero attached hydrogens (tertiary/aromatic N) is 1. The van der Waals surface area contributed by atoms with Crippen LogP contribution in [0.5, 0.6) is 0 Å². The third kappa shape index (κ3) is 4.71. The van der Waals surface area contributed by atoms with Gasteiger partial charge >= 0.3 is 0 Å². The van der Waals surface area contributed by atoms with E-state index in [1.54, 1.807) is 0 Å². The van der Waals surface area contributed by atoms with Gasteiger partial charge in [-0.05, 0) is 25.3 Å². The summed E-state index contributed by atoms with van der Waals surface area (Å²) in [6.45, 7) is 6.24. The lowest BCUT2D eigenvalue weighted by Crippen LogP contribution is -2.48. The van der Waals surface area contributed by atoms with Gasteiger partial charge in [0.25, 0.3) is 0 Å². The van der Waals surface area contributed by atoms with E-state index in [2.05, 4.69) is 19.2 Å². The molecule has 1 fully saturated rings. The van der Waals surface area contributed by atoms with Crippen molar-refractivity contribution in [2.75, 3.05) is 20.1 Å². The molecule has 16 heavy (non-hydrogen) atoms. The first-order chi connectivity index (χ1) is 7.15. The molecule has 1 heterocycles. The molecule has 96 valence electrons. The molecule has 0 bridgehead atoms. The van der Waals surface area contributed by atoms with Crippen LogP contribution in [-0.4, -0.2) is 37.0 Å². The fourth-order valence-corrected chi connectivity index (χ4v) is 2.02. The van der Waals surface area contributed by atoms with Crippen molar-refractivity contribution in [2.45, 2.75) is 45.6 Å². The first-order valence-corrected chi connectivity index (χ1v) is 6.13. The molecule has 0 aromatic heterocycles. The molecular formula is C12H25ClN2O. The zero-order valence-electron chi connectivity index (χ0n) is 10.7. The third-order valence-corrected chi connectivity index (χ3v) is 3.27. The predicted octanol–water partition coefficient (Wildman–Crippen LogP) is 2.05. The molecule has 3 nitrogen and oxygen atoms in total. The number of nitrogens with one attached hydrogen (secondary N) is 1. The lowest BCUT2D eigenvalue weighted by atomic mass is 10.0. The average molecular weight is 249 g/mol. The minimum absolute atomic E-state index is 0. The number of likely N-dealkylation sites (N-methyl/N-ethyl adjacent to an activating group) is 1. The largest absolute Gasteiger partial charge is 0.344 e. The quantitative estimate of drug-likeness (QED) is 0.826. The monoisotopic (exact) mass is 248 g/mol. The van der Waals surface area contributed by atoms with Gasteiger partial charge in [0.15, 0.2) is 0 Å². The highest BCUT2D eigenvalue weighted by atomic mass is 35.5. The molecule has 1 rings (SSSR count). The second-order valence-corrected chi connectivity index (χ2v) is 4.73. The summed E-state index contributed by atoms with van der Waals surface area (Å²) in [6.07, 6.45) is 4.53. The lowest BCUT2D eigenvalue weighted by Gasteiger charge is -2.28. The number of halogens is 1. The number of rotatable bonds is 4. The first kappa shape index (κ1) is 15.7. The zero-order valence-corrected chi connectivity index (χ0v) is 11.5. The fourth-order valence-electron chi connectivity index (χ4n) is 2.02. The highest BCUT2D eigenvalue weighted by Gasteiger charge is 2.23. The van der Waals surface area contributed by atoms with Crippen LogP contribution in [0, 0.1) is 5.92 Å². The van der Waals surface area contributed by atoms with Gasteiger partial charge < -0.3 is 10.2 Å². The van der Waals surface area contributed by atoms with Crippen molar-refractivity contribution in [1.29, 1.82) is 0 Å². The molecule has 2 unspecified atom stereocenters. The average Bonchev–Trinajstić information content (AvgIpc) is 2.29. The van der Waals surface area contributed by atoms with Crippen molar-refractivity contribution in [2.24, 2.45) is 5.92 Å². The van der Waals surface area contributed by atoms with E-state index in [1.807, 2.05) is 11.9 Å². The molecule has 0 aliphatic carbocycles. The molecule has 2 atom stereocenters. The Morgan fingerprint density at radius 1 is 1.50 bits per heavy atom. The van der Waals surface area contributed by atoms with E-state index < -0.39 is 0 Å². The van der Waals surface area contributed by atoms with Gasteiger partial charge in [-0.2, -0.15) is 0 Å². The van der Waals surface area contributed by atoms with Crippen LogP contribution in [0.25, 0.3) is 0 Å². The van der Waals surface area contributed by atoms with Crippen molar-refractivity contribution >= 4 is 18.3 Å². The maximum atomic E-state index is 12.0. The fraction of sp³-hybridized carbons (Fsp3) is 0.917. The summed E-state index contributed by atoms with van der Waals surface area (Å²) in [5, 5.41) is 3.30. The molecule has 4 heteroatoms. The van der Waals surface area contributed by atoms with Gasteiger partial charge in [0, 0.05) is 13.6 Å². The van der Waals surface area contributed by atoms with Gasteiger partial charge in [-0.15, -0.1) is 12.4 Å². The minimum atomic E-state index is 0. The standard InChI is InChI=1S/C12H24N2O.ClH/c1-4-10(2)9-14(3)12(15)11-7-5-6-8-13-11;/h10-11,13H,4-9H2,1-3H3;1H. The number of carbonyl (C=O) groups is 1. The topological polar surface area (TPSA) is 32.3 Å². The molecule has 1 amide bonds. The van der Waals surface area contributed by atoms with Crippen molar-refractivity contribution in [3.63, 3.8) is 0 Å². The number of hydrogen-bond donors (Lipinski definition) is 1. The maximum Gasteiger partial charge on any atom is 0.239 e. The Balaban J connectivity index is 0.00000225. The van der Waals surface area contributed by atoms with Crippen LogP contribution in [0.2, 0.25) is 0 Å². The summed E-state index contributed by atoms with van der Waals surface area (Å²) in [6, 6.07) is 0.0767. The Kier molecular flexibility index (Phi) is 7.77. The van der Waals surface area contributed by atoms with E-state index in [9.17, 15) is 4.79 Å². The molecule has 0 radical (unpaired) electrons. The van der Waals surface area contributed by atoms with Gasteiger partial charge in [-0.3, -0.25) is 4.79 Å². The summed E-state index contributed by atoms with van der Waals surface area (Å²) in [7, 11) is 1.92. The summed E-state index contributed by atoms with van der Waals surface area (Å²) >= 11 is 0. The molecule has 0 aromatic carbocycles. The summed E-state index contributed by atoms with van der Waals surface area (Å²) in [4.78, 5) is 13.9. The van der Waals surface area contributed by atoms with Crippen LogP contribution in [0.4, 0.5) is 0 Å². The summed E-state index contributed by atoms with van der Waals surface area (Å²) in [5.41, 5.74) is 0. The molecule has 0 spiro atoms. The van der Waals surface area contributed by atoms with Crippen molar-refractivity contribution < 1.29 is 4.79 Å². The summed E-state index contributed by atoms with van der Waals surface area (Å²) in [5.74, 6) is 0.873. The Labute approximate surface area is 105 Å².